The second-order valence-corrected chi connectivity index (χ2v) is 15.7. The molecule has 8 heteroatoms. The lowest BCUT2D eigenvalue weighted by Crippen LogP contribution is -2.69. The molecule has 0 saturated carbocycles. The summed E-state index contributed by atoms with van der Waals surface area (Å²) in [6.07, 6.45) is -0.308. The van der Waals surface area contributed by atoms with Gasteiger partial charge in [-0.15, -0.1) is 0 Å². The summed E-state index contributed by atoms with van der Waals surface area (Å²) in [7, 11) is -1.29. The standard InChI is InChI=1S/C29H38O7Si/c1-27(2,3)37(20-13-9-7-10-14-20,21-15-11-8-12-16-21)32-19-23-29(22(30)17-18-24(31-6)34-29)25-26(33-23)36-28(4,5)35-25/h7-18,22-26,30H,19H2,1-6H3/t22-,23+,24+,25+,26-,29-/m0/s1. The summed E-state index contributed by atoms with van der Waals surface area (Å²) < 4.78 is 37.9. The van der Waals surface area contributed by atoms with Gasteiger partial charge in [0.15, 0.2) is 24.0 Å². The van der Waals surface area contributed by atoms with Crippen LogP contribution in [-0.4, -0.2) is 69.4 Å². The zero-order chi connectivity index (χ0) is 26.5. The Morgan fingerprint density at radius 2 is 1.49 bits per heavy atom. The summed E-state index contributed by atoms with van der Waals surface area (Å²) in [5.41, 5.74) is -1.26. The van der Waals surface area contributed by atoms with E-state index in [9.17, 15) is 5.11 Å². The van der Waals surface area contributed by atoms with E-state index >= 15 is 0 Å². The van der Waals surface area contributed by atoms with E-state index in [1.165, 1.54) is 0 Å². The van der Waals surface area contributed by atoms with Gasteiger partial charge in [0.25, 0.3) is 8.32 Å². The zero-order valence-corrected chi connectivity index (χ0v) is 23.4. The number of hydrogen-bond acceptors (Lipinski definition) is 7. The Morgan fingerprint density at radius 3 is 2.03 bits per heavy atom. The van der Waals surface area contributed by atoms with Crippen molar-refractivity contribution in [2.24, 2.45) is 0 Å². The summed E-state index contributed by atoms with van der Waals surface area (Å²) in [4.78, 5) is 0. The number of methoxy groups -OCH3 is 1. The molecule has 2 fully saturated rings. The van der Waals surface area contributed by atoms with Crippen LogP contribution in [0.3, 0.4) is 0 Å². The van der Waals surface area contributed by atoms with Crippen molar-refractivity contribution >= 4 is 18.7 Å². The van der Waals surface area contributed by atoms with Gasteiger partial charge in [-0.05, 0) is 35.3 Å². The summed E-state index contributed by atoms with van der Waals surface area (Å²) in [5, 5.41) is 13.5. The molecule has 200 valence electrons. The van der Waals surface area contributed by atoms with Crippen LogP contribution < -0.4 is 10.4 Å². The van der Waals surface area contributed by atoms with Gasteiger partial charge in [0, 0.05) is 7.11 Å². The first kappa shape index (κ1) is 26.7. The van der Waals surface area contributed by atoms with E-state index in [1.807, 2.05) is 26.0 Å². The second kappa shape index (κ2) is 9.70. The van der Waals surface area contributed by atoms with E-state index in [1.54, 1.807) is 19.3 Å². The maximum absolute atomic E-state index is 11.4. The minimum absolute atomic E-state index is 0.175. The van der Waals surface area contributed by atoms with Crippen molar-refractivity contribution in [1.82, 2.24) is 0 Å². The molecule has 2 aromatic rings. The van der Waals surface area contributed by atoms with Crippen LogP contribution in [0.4, 0.5) is 0 Å². The number of rotatable bonds is 6. The molecule has 0 aromatic heterocycles. The van der Waals surface area contributed by atoms with Crippen molar-refractivity contribution in [2.45, 2.75) is 81.9 Å². The van der Waals surface area contributed by atoms with Crippen LogP contribution in [-0.2, 0) is 28.1 Å². The molecule has 5 rings (SSSR count). The Kier molecular flexibility index (Phi) is 7.00. The Labute approximate surface area is 220 Å². The fourth-order valence-corrected chi connectivity index (χ4v) is 10.6. The van der Waals surface area contributed by atoms with Crippen LogP contribution in [0.15, 0.2) is 72.8 Å². The fourth-order valence-electron chi connectivity index (χ4n) is 6.00. The average Bonchev–Trinajstić information content (AvgIpc) is 3.32. The van der Waals surface area contributed by atoms with E-state index < -0.39 is 50.6 Å². The molecule has 37 heavy (non-hydrogen) atoms. The molecule has 6 atom stereocenters. The molecule has 7 nitrogen and oxygen atoms in total. The van der Waals surface area contributed by atoms with Crippen LogP contribution in [0.5, 0.6) is 0 Å². The fraction of sp³-hybridized carbons (Fsp3) is 0.517. The van der Waals surface area contributed by atoms with E-state index in [4.69, 9.17) is 28.1 Å². The van der Waals surface area contributed by atoms with E-state index in [0.29, 0.717) is 0 Å². The molecule has 1 spiro atoms. The maximum Gasteiger partial charge on any atom is 0.261 e. The third-order valence-corrected chi connectivity index (χ3v) is 12.6. The highest BCUT2D eigenvalue weighted by molar-refractivity contribution is 6.99. The number of hydrogen-bond donors (Lipinski definition) is 1. The lowest BCUT2D eigenvalue weighted by Gasteiger charge is -2.47. The van der Waals surface area contributed by atoms with Crippen LogP contribution in [0, 0.1) is 0 Å². The summed E-state index contributed by atoms with van der Waals surface area (Å²) in [6, 6.07) is 20.8. The highest BCUT2D eigenvalue weighted by Gasteiger charge is 2.69. The van der Waals surface area contributed by atoms with Gasteiger partial charge in [-0.2, -0.15) is 0 Å². The Morgan fingerprint density at radius 1 is 0.892 bits per heavy atom. The van der Waals surface area contributed by atoms with Gasteiger partial charge < -0.3 is 33.2 Å². The summed E-state index contributed by atoms with van der Waals surface area (Å²) in [5.74, 6) is -0.876. The Balaban J connectivity index is 1.56. The molecule has 3 aliphatic rings. The molecule has 3 aliphatic heterocycles. The van der Waals surface area contributed by atoms with Crippen LogP contribution in [0.2, 0.25) is 5.04 Å². The minimum atomic E-state index is -2.86. The van der Waals surface area contributed by atoms with Crippen molar-refractivity contribution in [2.75, 3.05) is 13.7 Å². The average molecular weight is 527 g/mol. The first-order valence-corrected chi connectivity index (χ1v) is 14.8. The van der Waals surface area contributed by atoms with Crippen LogP contribution >= 0.6 is 0 Å². The molecule has 2 aromatic carbocycles. The van der Waals surface area contributed by atoms with E-state index in [0.717, 1.165) is 10.4 Å². The van der Waals surface area contributed by atoms with Gasteiger partial charge in [-0.1, -0.05) is 87.5 Å². The molecule has 0 bridgehead atoms. The zero-order valence-electron chi connectivity index (χ0n) is 22.4. The molecule has 0 unspecified atom stereocenters. The first-order valence-electron chi connectivity index (χ1n) is 12.9. The smallest absolute Gasteiger partial charge is 0.261 e. The monoisotopic (exact) mass is 526 g/mol. The minimum Gasteiger partial charge on any atom is -0.405 e. The maximum atomic E-state index is 11.4. The predicted molar refractivity (Wildman–Crippen MR) is 142 cm³/mol. The number of ether oxygens (including phenoxy) is 5. The van der Waals surface area contributed by atoms with Crippen molar-refractivity contribution in [3.05, 3.63) is 72.8 Å². The third-order valence-electron chi connectivity index (χ3n) is 7.64. The number of benzene rings is 2. The van der Waals surface area contributed by atoms with Gasteiger partial charge in [-0.3, -0.25) is 0 Å². The topological polar surface area (TPSA) is 75.6 Å². The van der Waals surface area contributed by atoms with Gasteiger partial charge in [0.1, 0.15) is 18.3 Å². The molecule has 0 amide bonds. The second-order valence-electron chi connectivity index (χ2n) is 11.4. The highest BCUT2D eigenvalue weighted by Crippen LogP contribution is 2.49. The summed E-state index contributed by atoms with van der Waals surface area (Å²) in [6.45, 7) is 10.5. The SMILES string of the molecule is CO[C@H]1C=C[C@H](O)[C@@]2(O1)[C@@H]1OC(C)(C)O[C@@H]1O[C@@H]2CO[Si](c1ccccc1)(c1ccccc1)C(C)(C)C. The van der Waals surface area contributed by atoms with Crippen LogP contribution in [0.1, 0.15) is 34.6 Å². The molecular formula is C29H38O7Si. The number of aliphatic hydroxyl groups excluding tert-OH is 1. The number of fused-ring (bicyclic) bond motifs is 2. The molecule has 0 radical (unpaired) electrons. The van der Waals surface area contributed by atoms with E-state index in [2.05, 4.69) is 69.3 Å². The van der Waals surface area contributed by atoms with Gasteiger partial charge in [0.05, 0.1) is 6.61 Å². The lowest BCUT2D eigenvalue weighted by molar-refractivity contribution is -0.286. The lowest BCUT2D eigenvalue weighted by atomic mass is 9.84. The Hall–Kier alpha value is -1.88. The normalized spacial score (nSPS) is 33.1. The number of aliphatic hydroxyl groups is 1. The van der Waals surface area contributed by atoms with Crippen molar-refractivity contribution in [3.8, 4) is 0 Å². The van der Waals surface area contributed by atoms with Crippen molar-refractivity contribution in [1.29, 1.82) is 0 Å². The predicted octanol–water partition coefficient (Wildman–Crippen LogP) is 3.10. The molecule has 3 heterocycles. The molecule has 2 saturated heterocycles. The summed E-state index contributed by atoms with van der Waals surface area (Å²) >= 11 is 0. The first-order chi connectivity index (χ1) is 17.5. The van der Waals surface area contributed by atoms with E-state index in [-0.39, 0.29) is 11.6 Å². The molecule has 1 N–H and O–H groups in total. The van der Waals surface area contributed by atoms with Crippen molar-refractivity contribution in [3.63, 3.8) is 0 Å². The van der Waals surface area contributed by atoms with Gasteiger partial charge in [0.2, 0.25) is 0 Å². The van der Waals surface area contributed by atoms with Gasteiger partial charge >= 0.3 is 0 Å². The quantitative estimate of drug-likeness (QED) is 0.458. The highest BCUT2D eigenvalue weighted by atomic mass is 28.4. The molecular weight excluding hydrogens is 488 g/mol. The van der Waals surface area contributed by atoms with Gasteiger partial charge in [-0.25, -0.2) is 0 Å². The van der Waals surface area contributed by atoms with Crippen LogP contribution in [0.25, 0.3) is 0 Å². The molecule has 0 aliphatic carbocycles. The Bertz CT molecular complexity index is 1060. The van der Waals surface area contributed by atoms with Crippen molar-refractivity contribution < 1.29 is 33.2 Å². The largest absolute Gasteiger partial charge is 0.405 e. The third kappa shape index (κ3) is 4.43.